The molecule has 0 radical (unpaired) electrons. The van der Waals surface area contributed by atoms with E-state index in [-0.39, 0.29) is 11.8 Å². The number of carbonyl (C=O) groups excluding carboxylic acids is 2. The highest BCUT2D eigenvalue weighted by molar-refractivity contribution is 5.93. The van der Waals surface area contributed by atoms with Gasteiger partial charge >= 0.3 is 6.03 Å². The van der Waals surface area contributed by atoms with Gasteiger partial charge in [0.25, 0.3) is 0 Å². The smallest absolute Gasteiger partial charge is 0.294 e. The molecule has 4 heteroatoms. The monoisotopic (exact) mass is 255 g/mol. The lowest BCUT2D eigenvalue weighted by Gasteiger charge is -2.09. The quantitative estimate of drug-likeness (QED) is 0.610. The van der Waals surface area contributed by atoms with E-state index in [2.05, 4.69) is 0 Å². The first-order valence-electron chi connectivity index (χ1n) is 5.95. The van der Waals surface area contributed by atoms with Crippen molar-refractivity contribution in [2.45, 2.75) is 6.92 Å². The van der Waals surface area contributed by atoms with Crippen LogP contribution in [0.5, 0.6) is 0 Å². The van der Waals surface area contributed by atoms with Crippen LogP contribution in [0.1, 0.15) is 17.3 Å². The molecule has 0 saturated heterocycles. The summed E-state index contributed by atoms with van der Waals surface area (Å²) in [7, 11) is 1.70. The molecule has 1 aromatic carbocycles. The van der Waals surface area contributed by atoms with Crippen LogP contribution in [-0.2, 0) is 0 Å². The summed E-state index contributed by atoms with van der Waals surface area (Å²) in [5.74, 6) is -0.0653. The number of benzene rings is 1. The Balaban J connectivity index is 2.29. The van der Waals surface area contributed by atoms with Crippen molar-refractivity contribution in [3.05, 3.63) is 60.4 Å². The van der Waals surface area contributed by atoms with Gasteiger partial charge in [-0.05, 0) is 31.2 Å². The lowest BCUT2D eigenvalue weighted by molar-refractivity contribution is -0.569. The molecule has 19 heavy (non-hydrogen) atoms. The third-order valence-electron chi connectivity index (χ3n) is 2.86. The van der Waals surface area contributed by atoms with E-state index in [1.807, 2.05) is 30.3 Å². The fourth-order valence-electron chi connectivity index (χ4n) is 1.74. The molecule has 0 aliphatic rings. The number of hydrogen-bond donors (Lipinski definition) is 0. The van der Waals surface area contributed by atoms with E-state index in [4.69, 9.17) is 0 Å². The van der Waals surface area contributed by atoms with Crippen LogP contribution in [0, 0.1) is 0 Å². The van der Waals surface area contributed by atoms with E-state index in [9.17, 15) is 9.59 Å². The van der Waals surface area contributed by atoms with Crippen LogP contribution in [0.2, 0.25) is 0 Å². The number of rotatable bonds is 2. The Hall–Kier alpha value is -2.49. The van der Waals surface area contributed by atoms with Gasteiger partial charge in [-0.1, -0.05) is 18.2 Å². The molecule has 0 fully saturated rings. The van der Waals surface area contributed by atoms with Crippen LogP contribution < -0.4 is 9.47 Å². The molecular weight excluding hydrogens is 240 g/mol. The van der Waals surface area contributed by atoms with Crippen molar-refractivity contribution in [1.29, 1.82) is 0 Å². The highest BCUT2D eigenvalue weighted by Gasteiger charge is 2.22. The molecule has 2 aromatic rings. The van der Waals surface area contributed by atoms with E-state index < -0.39 is 0 Å². The Morgan fingerprint density at radius 2 is 1.74 bits per heavy atom. The molecule has 0 unspecified atom stereocenters. The molecule has 0 bridgehead atoms. The Labute approximate surface area is 111 Å². The molecule has 0 N–H and O–H groups in total. The molecule has 1 aromatic heterocycles. The van der Waals surface area contributed by atoms with Gasteiger partial charge in [0.1, 0.15) is 11.9 Å². The summed E-state index contributed by atoms with van der Waals surface area (Å²) in [6.07, 6.45) is 3.18. The Bertz CT molecular complexity index is 609. The highest BCUT2D eigenvalue weighted by atomic mass is 16.2. The first kappa shape index (κ1) is 13.0. The zero-order valence-electron chi connectivity index (χ0n) is 10.9. The van der Waals surface area contributed by atoms with Crippen molar-refractivity contribution in [2.24, 2.45) is 0 Å². The number of nitrogens with zero attached hydrogens (tertiary/aromatic N) is 2. The number of pyridine rings is 1. The molecule has 4 nitrogen and oxygen atoms in total. The van der Waals surface area contributed by atoms with Gasteiger partial charge in [0.15, 0.2) is 5.78 Å². The molecule has 0 aliphatic heterocycles. The molecular formula is C15H15N2O2+. The molecule has 1 amide bonds. The van der Waals surface area contributed by atoms with Gasteiger partial charge in [-0.25, -0.2) is 0 Å². The van der Waals surface area contributed by atoms with Crippen LogP contribution in [-0.4, -0.2) is 18.9 Å². The lowest BCUT2D eigenvalue weighted by Crippen LogP contribution is -2.51. The summed E-state index contributed by atoms with van der Waals surface area (Å²) < 4.78 is 1.41. The number of anilines is 1. The topological polar surface area (TPSA) is 41.3 Å². The Morgan fingerprint density at radius 3 is 2.37 bits per heavy atom. The summed E-state index contributed by atoms with van der Waals surface area (Å²) in [5, 5.41) is 0. The third kappa shape index (κ3) is 2.85. The van der Waals surface area contributed by atoms with Gasteiger partial charge in [-0.2, -0.15) is 14.3 Å². The summed E-state index contributed by atoms with van der Waals surface area (Å²) >= 11 is 0. The fourth-order valence-corrected chi connectivity index (χ4v) is 1.74. The molecule has 96 valence electrons. The van der Waals surface area contributed by atoms with Crippen molar-refractivity contribution in [3.8, 4) is 0 Å². The molecule has 0 atom stereocenters. The minimum atomic E-state index is -0.214. The van der Waals surface area contributed by atoms with Crippen molar-refractivity contribution in [2.75, 3.05) is 11.9 Å². The molecule has 0 aliphatic carbocycles. The Kier molecular flexibility index (Phi) is 3.71. The lowest BCUT2D eigenvalue weighted by atomic mass is 10.2. The summed E-state index contributed by atoms with van der Waals surface area (Å²) in [5.41, 5.74) is 1.31. The molecule has 2 rings (SSSR count). The van der Waals surface area contributed by atoms with Gasteiger partial charge in [0.2, 0.25) is 0 Å². The minimum absolute atomic E-state index is 0.0653. The van der Waals surface area contributed by atoms with Gasteiger partial charge in [-0.15, -0.1) is 0 Å². The van der Waals surface area contributed by atoms with Gasteiger partial charge in [-0.3, -0.25) is 4.79 Å². The molecule has 0 spiro atoms. The maximum Gasteiger partial charge on any atom is 0.502 e. The van der Waals surface area contributed by atoms with Gasteiger partial charge in [0.05, 0.1) is 18.8 Å². The molecule has 1 heterocycles. The number of Topliss-reactive ketones (excluding diaryl/α,β-unsaturated/α-hetero) is 1. The fraction of sp³-hybridized carbons (Fsp3) is 0.133. The number of aromatic nitrogens is 1. The van der Waals surface area contributed by atoms with E-state index in [1.54, 1.807) is 31.6 Å². The largest absolute Gasteiger partial charge is 0.502 e. The zero-order chi connectivity index (χ0) is 13.8. The van der Waals surface area contributed by atoms with E-state index in [0.717, 1.165) is 5.69 Å². The van der Waals surface area contributed by atoms with E-state index in [0.29, 0.717) is 5.56 Å². The standard InChI is InChI=1S/C15H15N2O2/c1-12(18)13-7-6-10-17(11-13)15(19)16(2)14-8-4-3-5-9-14/h3-11H,1-2H3/q+1. The van der Waals surface area contributed by atoms with Crippen molar-refractivity contribution in [3.63, 3.8) is 0 Å². The second-order valence-corrected chi connectivity index (χ2v) is 4.23. The van der Waals surface area contributed by atoms with Crippen LogP contribution >= 0.6 is 0 Å². The third-order valence-corrected chi connectivity index (χ3v) is 2.86. The maximum atomic E-state index is 12.3. The maximum absolute atomic E-state index is 12.3. The first-order valence-corrected chi connectivity index (χ1v) is 5.95. The predicted molar refractivity (Wildman–Crippen MR) is 72.3 cm³/mol. The van der Waals surface area contributed by atoms with Crippen molar-refractivity contribution < 1.29 is 14.2 Å². The number of hydrogen-bond acceptors (Lipinski definition) is 2. The van der Waals surface area contributed by atoms with Gasteiger partial charge < -0.3 is 0 Å². The predicted octanol–water partition coefficient (Wildman–Crippen LogP) is 2.28. The van der Waals surface area contributed by atoms with Crippen molar-refractivity contribution in [1.82, 2.24) is 0 Å². The van der Waals surface area contributed by atoms with Crippen molar-refractivity contribution >= 4 is 17.5 Å². The number of amides is 1. The first-order chi connectivity index (χ1) is 9.09. The number of carbonyl (C=O) groups is 2. The van der Waals surface area contributed by atoms with Crippen LogP contribution in [0.4, 0.5) is 10.5 Å². The average molecular weight is 255 g/mol. The average Bonchev–Trinajstić information content (AvgIpc) is 2.46. The summed E-state index contributed by atoms with van der Waals surface area (Å²) in [6.45, 7) is 1.48. The van der Waals surface area contributed by atoms with E-state index >= 15 is 0 Å². The van der Waals surface area contributed by atoms with Gasteiger partial charge in [0, 0.05) is 0 Å². The van der Waals surface area contributed by atoms with E-state index in [1.165, 1.54) is 16.4 Å². The summed E-state index contributed by atoms with van der Waals surface area (Å²) in [6, 6.07) is 12.5. The minimum Gasteiger partial charge on any atom is -0.294 e. The highest BCUT2D eigenvalue weighted by Crippen LogP contribution is 2.10. The number of ketones is 1. The SMILES string of the molecule is CC(=O)c1ccc[n+](C(=O)N(C)c2ccccc2)c1. The normalized spacial score (nSPS) is 10.0. The Morgan fingerprint density at radius 1 is 1.05 bits per heavy atom. The second-order valence-electron chi connectivity index (χ2n) is 4.23. The second kappa shape index (κ2) is 5.44. The number of para-hydroxylation sites is 1. The van der Waals surface area contributed by atoms with Crippen LogP contribution in [0.15, 0.2) is 54.9 Å². The molecule has 0 saturated carbocycles. The zero-order valence-corrected chi connectivity index (χ0v) is 10.9. The van der Waals surface area contributed by atoms with Crippen LogP contribution in [0.25, 0.3) is 0 Å². The van der Waals surface area contributed by atoms with Crippen LogP contribution in [0.3, 0.4) is 0 Å². The summed E-state index contributed by atoms with van der Waals surface area (Å²) in [4.78, 5) is 25.2.